The Morgan fingerprint density at radius 2 is 1.32 bits per heavy atom. The molecule has 9 nitrogen and oxygen atoms in total. The molecule has 0 fully saturated rings. The van der Waals surface area contributed by atoms with Gasteiger partial charge in [0.1, 0.15) is 17.4 Å². The number of nitrogens with one attached hydrogen (secondary N) is 1. The first kappa shape index (κ1) is 28.9. The van der Waals surface area contributed by atoms with Gasteiger partial charge in [-0.3, -0.25) is 9.05 Å². The number of hydrogen-bond acceptors (Lipinski definition) is 7. The molecule has 0 aliphatic carbocycles. The van der Waals surface area contributed by atoms with Crippen LogP contribution in [0.3, 0.4) is 0 Å². The molecule has 0 bridgehead atoms. The van der Waals surface area contributed by atoms with Gasteiger partial charge in [-0.05, 0) is 49.6 Å². The molecule has 202 valence electrons. The highest BCUT2D eigenvalue weighted by Crippen LogP contribution is 2.51. The lowest BCUT2D eigenvalue weighted by Gasteiger charge is -2.22. The summed E-state index contributed by atoms with van der Waals surface area (Å²) in [6.45, 7) is 5.09. The SMILES string of the molecule is CC(C)(C)OC(=O)NC(Cc1ccc(OP(=O)(OCc2ccccc2)OCc2ccccc2)cc1)C(=O)O. The number of phosphoric ester groups is 1. The van der Waals surface area contributed by atoms with Crippen molar-refractivity contribution in [3.8, 4) is 5.75 Å². The van der Waals surface area contributed by atoms with E-state index in [4.69, 9.17) is 18.3 Å². The van der Waals surface area contributed by atoms with Crippen LogP contribution in [0.2, 0.25) is 0 Å². The van der Waals surface area contributed by atoms with Crippen LogP contribution in [0.1, 0.15) is 37.5 Å². The second kappa shape index (κ2) is 13.2. The van der Waals surface area contributed by atoms with Gasteiger partial charge in [0.2, 0.25) is 0 Å². The third-order valence-electron chi connectivity index (χ3n) is 5.03. The molecule has 3 rings (SSSR count). The monoisotopic (exact) mass is 541 g/mol. The Labute approximate surface area is 222 Å². The highest BCUT2D eigenvalue weighted by Gasteiger charge is 2.29. The van der Waals surface area contributed by atoms with Crippen molar-refractivity contribution in [2.24, 2.45) is 0 Å². The summed E-state index contributed by atoms with van der Waals surface area (Å²) in [5, 5.41) is 11.9. The molecule has 0 heterocycles. The van der Waals surface area contributed by atoms with Crippen LogP contribution < -0.4 is 9.84 Å². The van der Waals surface area contributed by atoms with E-state index in [2.05, 4.69) is 5.32 Å². The first-order chi connectivity index (χ1) is 18.0. The zero-order valence-electron chi connectivity index (χ0n) is 21.5. The first-order valence-electron chi connectivity index (χ1n) is 12.0. The Kier molecular flexibility index (Phi) is 10.1. The first-order valence-corrected chi connectivity index (χ1v) is 13.5. The molecule has 0 saturated heterocycles. The average Bonchev–Trinajstić information content (AvgIpc) is 2.87. The number of phosphoric acid groups is 1. The highest BCUT2D eigenvalue weighted by atomic mass is 31.2. The summed E-state index contributed by atoms with van der Waals surface area (Å²) >= 11 is 0. The molecular weight excluding hydrogens is 509 g/mol. The van der Waals surface area contributed by atoms with Crippen molar-refractivity contribution in [1.82, 2.24) is 5.32 Å². The van der Waals surface area contributed by atoms with Crippen molar-refractivity contribution in [1.29, 1.82) is 0 Å². The fraction of sp³-hybridized carbons (Fsp3) is 0.286. The van der Waals surface area contributed by atoms with Gasteiger partial charge < -0.3 is 19.7 Å². The summed E-state index contributed by atoms with van der Waals surface area (Å²) in [6, 6.07) is 23.5. The molecule has 3 aromatic rings. The quantitative estimate of drug-likeness (QED) is 0.263. The van der Waals surface area contributed by atoms with Crippen LogP contribution in [0.4, 0.5) is 4.79 Å². The molecule has 0 spiro atoms. The number of hydrogen-bond donors (Lipinski definition) is 2. The van der Waals surface area contributed by atoms with Gasteiger partial charge in [0.25, 0.3) is 0 Å². The number of ether oxygens (including phenoxy) is 1. The zero-order valence-corrected chi connectivity index (χ0v) is 22.4. The minimum atomic E-state index is -4.04. The maximum atomic E-state index is 13.5. The summed E-state index contributed by atoms with van der Waals surface area (Å²) in [7, 11) is -4.04. The number of carbonyl (C=O) groups excluding carboxylic acids is 1. The lowest BCUT2D eigenvalue weighted by atomic mass is 10.1. The Balaban J connectivity index is 1.68. The fourth-order valence-corrected chi connectivity index (χ4v) is 4.42. The minimum Gasteiger partial charge on any atom is -0.480 e. The largest absolute Gasteiger partial charge is 0.530 e. The van der Waals surface area contributed by atoms with E-state index >= 15 is 0 Å². The Hall–Kier alpha value is -3.65. The van der Waals surface area contributed by atoms with Crippen molar-refractivity contribution >= 4 is 19.9 Å². The normalized spacial score (nSPS) is 12.4. The molecular formula is C28H32NO8P. The van der Waals surface area contributed by atoms with Crippen LogP contribution in [0, 0.1) is 0 Å². The van der Waals surface area contributed by atoms with E-state index in [9.17, 15) is 19.3 Å². The summed E-state index contributed by atoms with van der Waals surface area (Å²) in [5.41, 5.74) is 1.44. The van der Waals surface area contributed by atoms with E-state index in [-0.39, 0.29) is 25.4 Å². The van der Waals surface area contributed by atoms with Crippen LogP contribution >= 0.6 is 7.82 Å². The van der Waals surface area contributed by atoms with Crippen molar-refractivity contribution < 1.29 is 37.6 Å². The van der Waals surface area contributed by atoms with Gasteiger partial charge in [-0.2, -0.15) is 0 Å². The maximum Gasteiger partial charge on any atom is 0.530 e. The summed E-state index contributed by atoms with van der Waals surface area (Å²) < 4.78 is 35.6. The van der Waals surface area contributed by atoms with E-state index in [0.29, 0.717) is 5.56 Å². The van der Waals surface area contributed by atoms with E-state index < -0.39 is 31.5 Å². The third kappa shape index (κ3) is 10.0. The molecule has 1 atom stereocenters. The molecule has 1 unspecified atom stereocenters. The van der Waals surface area contributed by atoms with Crippen LogP contribution in [0.15, 0.2) is 84.9 Å². The lowest BCUT2D eigenvalue weighted by molar-refractivity contribution is -0.139. The van der Waals surface area contributed by atoms with Gasteiger partial charge in [-0.25, -0.2) is 14.2 Å². The number of carbonyl (C=O) groups is 2. The molecule has 38 heavy (non-hydrogen) atoms. The molecule has 1 amide bonds. The van der Waals surface area contributed by atoms with E-state index in [1.165, 1.54) is 12.1 Å². The standard InChI is InChI=1S/C28H32NO8P/c1-28(2,3)36-27(32)29-25(26(30)31)18-21-14-16-24(17-15-21)37-38(33,34-19-22-10-6-4-7-11-22)35-20-23-12-8-5-9-13-23/h4-17,25H,18-20H2,1-3H3,(H,29,32)(H,30,31). The van der Waals surface area contributed by atoms with Gasteiger partial charge in [-0.15, -0.1) is 0 Å². The van der Waals surface area contributed by atoms with E-state index in [1.54, 1.807) is 32.9 Å². The number of benzene rings is 3. The molecule has 3 aromatic carbocycles. The van der Waals surface area contributed by atoms with Gasteiger partial charge in [0.15, 0.2) is 0 Å². The summed E-state index contributed by atoms with van der Waals surface area (Å²) in [6.07, 6.45) is -0.821. The van der Waals surface area contributed by atoms with Gasteiger partial charge in [0, 0.05) is 6.42 Å². The average molecular weight is 542 g/mol. The Morgan fingerprint density at radius 3 is 1.76 bits per heavy atom. The van der Waals surface area contributed by atoms with Crippen molar-refractivity contribution in [2.75, 3.05) is 0 Å². The number of amides is 1. The van der Waals surface area contributed by atoms with Crippen LogP contribution in [0.25, 0.3) is 0 Å². The molecule has 0 aromatic heterocycles. The predicted molar refractivity (Wildman–Crippen MR) is 142 cm³/mol. The molecule has 10 heteroatoms. The maximum absolute atomic E-state index is 13.5. The third-order valence-corrected chi connectivity index (χ3v) is 6.36. The number of carboxylic acid groups (broad SMARTS) is 1. The second-order valence-corrected chi connectivity index (χ2v) is 11.0. The number of aliphatic carboxylic acids is 1. The van der Waals surface area contributed by atoms with E-state index in [0.717, 1.165) is 11.1 Å². The predicted octanol–water partition coefficient (Wildman–Crippen LogP) is 6.13. The second-order valence-electron chi connectivity index (χ2n) is 9.44. The van der Waals surface area contributed by atoms with Crippen molar-refractivity contribution in [2.45, 2.75) is 52.0 Å². The molecule has 0 radical (unpaired) electrons. The number of carboxylic acids is 1. The number of rotatable bonds is 12. The number of alkyl carbamates (subject to hydrolysis) is 1. The van der Waals surface area contributed by atoms with E-state index in [1.807, 2.05) is 60.7 Å². The minimum absolute atomic E-state index is 0.00152. The van der Waals surface area contributed by atoms with Crippen molar-refractivity contribution in [3.63, 3.8) is 0 Å². The van der Waals surface area contributed by atoms with Crippen molar-refractivity contribution in [3.05, 3.63) is 102 Å². The fourth-order valence-electron chi connectivity index (χ4n) is 3.25. The lowest BCUT2D eigenvalue weighted by Crippen LogP contribution is -2.44. The van der Waals surface area contributed by atoms with Crippen LogP contribution in [-0.4, -0.2) is 28.8 Å². The smallest absolute Gasteiger partial charge is 0.480 e. The topological polar surface area (TPSA) is 120 Å². The molecule has 2 N–H and O–H groups in total. The van der Waals surface area contributed by atoms with Gasteiger partial charge in [-0.1, -0.05) is 72.8 Å². The van der Waals surface area contributed by atoms with Gasteiger partial charge >= 0.3 is 19.9 Å². The summed E-state index contributed by atoms with van der Waals surface area (Å²) in [4.78, 5) is 23.7. The summed E-state index contributed by atoms with van der Waals surface area (Å²) in [5.74, 6) is -0.991. The molecule has 0 aliphatic heterocycles. The van der Waals surface area contributed by atoms with Crippen LogP contribution in [0.5, 0.6) is 5.75 Å². The van der Waals surface area contributed by atoms with Crippen LogP contribution in [-0.2, 0) is 42.8 Å². The molecule has 0 aliphatic rings. The Bertz CT molecular complexity index is 1180. The van der Waals surface area contributed by atoms with Gasteiger partial charge in [0.05, 0.1) is 13.2 Å². The highest BCUT2D eigenvalue weighted by molar-refractivity contribution is 7.48. The zero-order chi connectivity index (χ0) is 27.6. The Morgan fingerprint density at radius 1 is 0.816 bits per heavy atom. The molecule has 0 saturated carbocycles.